The van der Waals surface area contributed by atoms with Crippen LogP contribution >= 0.6 is 11.3 Å². The van der Waals surface area contributed by atoms with Crippen LogP contribution in [0.3, 0.4) is 0 Å². The number of carboxylic acid groups (broad SMARTS) is 1. The molecule has 1 unspecified atom stereocenters. The molecule has 0 aliphatic carbocycles. The van der Waals surface area contributed by atoms with E-state index in [9.17, 15) is 9.59 Å². The van der Waals surface area contributed by atoms with E-state index in [1.807, 2.05) is 0 Å². The van der Waals surface area contributed by atoms with E-state index < -0.39 is 11.9 Å². The van der Waals surface area contributed by atoms with Gasteiger partial charge in [0, 0.05) is 5.38 Å². The van der Waals surface area contributed by atoms with E-state index in [0.29, 0.717) is 5.01 Å². The summed E-state index contributed by atoms with van der Waals surface area (Å²) in [5.74, 6) is -1.56. The first-order valence-electron chi connectivity index (χ1n) is 5.83. The van der Waals surface area contributed by atoms with Crippen LogP contribution < -0.4 is 11.1 Å². The summed E-state index contributed by atoms with van der Waals surface area (Å²) >= 11 is 1.29. The number of carboxylic acids is 1. The van der Waals surface area contributed by atoms with Crippen LogP contribution in [0.4, 0.5) is 5.69 Å². The van der Waals surface area contributed by atoms with Gasteiger partial charge in [0.15, 0.2) is 0 Å². The van der Waals surface area contributed by atoms with E-state index in [0.717, 1.165) is 0 Å². The van der Waals surface area contributed by atoms with Gasteiger partial charge in [0.1, 0.15) is 10.7 Å². The molecule has 1 aromatic heterocycles. The lowest BCUT2D eigenvalue weighted by Crippen LogP contribution is -2.15. The molecule has 1 aromatic carbocycles. The molecule has 1 heterocycles. The van der Waals surface area contributed by atoms with Crippen LogP contribution in [0, 0.1) is 0 Å². The Bertz CT molecular complexity index is 652. The number of carbonyl (C=O) groups is 2. The summed E-state index contributed by atoms with van der Waals surface area (Å²) < 4.78 is 0. The second-order valence-corrected chi connectivity index (χ2v) is 5.05. The first kappa shape index (κ1) is 14.2. The van der Waals surface area contributed by atoms with Crippen molar-refractivity contribution < 1.29 is 14.7 Å². The zero-order valence-corrected chi connectivity index (χ0v) is 11.5. The highest BCUT2D eigenvalue weighted by Crippen LogP contribution is 2.19. The Balaban J connectivity index is 2.21. The number of anilines is 1. The quantitative estimate of drug-likeness (QED) is 0.800. The average Bonchev–Trinajstić information content (AvgIpc) is 2.89. The lowest BCUT2D eigenvalue weighted by atomic mass is 10.2. The molecule has 2 aromatic rings. The maximum Gasteiger partial charge on any atom is 0.337 e. The van der Waals surface area contributed by atoms with Crippen LogP contribution in [-0.2, 0) is 0 Å². The Labute approximate surface area is 119 Å². The van der Waals surface area contributed by atoms with Crippen LogP contribution in [0.2, 0.25) is 0 Å². The first-order chi connectivity index (χ1) is 9.49. The van der Waals surface area contributed by atoms with E-state index in [-0.39, 0.29) is 23.0 Å². The van der Waals surface area contributed by atoms with Gasteiger partial charge in [-0.1, -0.05) is 12.1 Å². The predicted molar refractivity (Wildman–Crippen MR) is 76.1 cm³/mol. The number of nitrogens with two attached hydrogens (primary N) is 1. The third-order valence-electron chi connectivity index (χ3n) is 2.55. The lowest BCUT2D eigenvalue weighted by Gasteiger charge is -2.06. The van der Waals surface area contributed by atoms with Gasteiger partial charge in [0.05, 0.1) is 17.3 Å². The molecule has 104 valence electrons. The van der Waals surface area contributed by atoms with Crippen LogP contribution in [0.25, 0.3) is 0 Å². The maximum atomic E-state index is 12.0. The lowest BCUT2D eigenvalue weighted by molar-refractivity contribution is 0.0698. The second-order valence-electron chi connectivity index (χ2n) is 4.16. The molecular formula is C13H13N3O3S. The van der Waals surface area contributed by atoms with Crippen molar-refractivity contribution in [3.63, 3.8) is 0 Å². The molecule has 0 bridgehead atoms. The van der Waals surface area contributed by atoms with Crippen molar-refractivity contribution in [2.75, 3.05) is 5.32 Å². The highest BCUT2D eigenvalue weighted by Gasteiger charge is 2.16. The molecule has 1 atom stereocenters. The Morgan fingerprint density at radius 1 is 1.40 bits per heavy atom. The predicted octanol–water partition coefficient (Wildman–Crippen LogP) is 2.11. The van der Waals surface area contributed by atoms with Gasteiger partial charge in [-0.15, -0.1) is 11.3 Å². The SMILES string of the molecule is CC(N)c1nc(C(=O)Nc2ccccc2C(=O)O)cs1. The van der Waals surface area contributed by atoms with Crippen molar-refractivity contribution in [2.24, 2.45) is 5.73 Å². The second kappa shape index (κ2) is 5.81. The molecule has 0 saturated carbocycles. The van der Waals surface area contributed by atoms with Crippen molar-refractivity contribution in [2.45, 2.75) is 13.0 Å². The number of para-hydroxylation sites is 1. The molecule has 2 rings (SSSR count). The van der Waals surface area contributed by atoms with Gasteiger partial charge in [0.25, 0.3) is 5.91 Å². The van der Waals surface area contributed by atoms with Crippen molar-refractivity contribution in [1.29, 1.82) is 0 Å². The van der Waals surface area contributed by atoms with E-state index in [2.05, 4.69) is 10.3 Å². The molecule has 0 saturated heterocycles. The molecular weight excluding hydrogens is 278 g/mol. The minimum atomic E-state index is -1.10. The van der Waals surface area contributed by atoms with Crippen molar-refractivity contribution in [1.82, 2.24) is 4.98 Å². The number of aromatic carboxylic acids is 1. The monoisotopic (exact) mass is 291 g/mol. The van der Waals surface area contributed by atoms with E-state index >= 15 is 0 Å². The van der Waals surface area contributed by atoms with Crippen molar-refractivity contribution in [3.8, 4) is 0 Å². The number of benzene rings is 1. The molecule has 0 fully saturated rings. The number of nitrogens with zero attached hydrogens (tertiary/aromatic N) is 1. The number of thiazole rings is 1. The fourth-order valence-electron chi connectivity index (χ4n) is 1.57. The number of hydrogen-bond acceptors (Lipinski definition) is 5. The topological polar surface area (TPSA) is 105 Å². The van der Waals surface area contributed by atoms with Crippen LogP contribution in [0.5, 0.6) is 0 Å². The highest BCUT2D eigenvalue weighted by molar-refractivity contribution is 7.09. The minimum absolute atomic E-state index is 0.0310. The molecule has 20 heavy (non-hydrogen) atoms. The molecule has 7 heteroatoms. The van der Waals surface area contributed by atoms with Crippen LogP contribution in [-0.4, -0.2) is 22.0 Å². The summed E-state index contributed by atoms with van der Waals surface area (Å²) in [6.07, 6.45) is 0. The standard InChI is InChI=1S/C13H13N3O3S/c1-7(14)12-16-10(6-20-12)11(17)15-9-5-3-2-4-8(9)13(18)19/h2-7H,14H2,1H3,(H,15,17)(H,18,19). The van der Waals surface area contributed by atoms with Crippen LogP contribution in [0.1, 0.15) is 38.8 Å². The molecule has 0 radical (unpaired) electrons. The largest absolute Gasteiger partial charge is 0.478 e. The van der Waals surface area contributed by atoms with Gasteiger partial charge in [-0.05, 0) is 19.1 Å². The number of rotatable bonds is 4. The minimum Gasteiger partial charge on any atom is -0.478 e. The van der Waals surface area contributed by atoms with Gasteiger partial charge >= 0.3 is 5.97 Å². The maximum absolute atomic E-state index is 12.0. The molecule has 4 N–H and O–H groups in total. The highest BCUT2D eigenvalue weighted by atomic mass is 32.1. The summed E-state index contributed by atoms with van der Waals surface area (Å²) in [6.45, 7) is 1.78. The summed E-state index contributed by atoms with van der Waals surface area (Å²) in [7, 11) is 0. The molecule has 0 aliphatic rings. The molecule has 0 aliphatic heterocycles. The summed E-state index contributed by atoms with van der Waals surface area (Å²) in [5, 5.41) is 13.8. The van der Waals surface area contributed by atoms with Crippen LogP contribution in [0.15, 0.2) is 29.6 Å². The Kier molecular flexibility index (Phi) is 4.11. The Hall–Kier alpha value is -2.25. The number of nitrogens with one attached hydrogen (secondary N) is 1. The van der Waals surface area contributed by atoms with Crippen molar-refractivity contribution >= 4 is 28.9 Å². The number of carbonyl (C=O) groups excluding carboxylic acids is 1. The van der Waals surface area contributed by atoms with Gasteiger partial charge < -0.3 is 16.2 Å². The fourth-order valence-corrected chi connectivity index (χ4v) is 2.32. The summed E-state index contributed by atoms with van der Waals surface area (Å²) in [4.78, 5) is 27.2. The normalized spacial score (nSPS) is 11.9. The van der Waals surface area contributed by atoms with Gasteiger partial charge in [-0.3, -0.25) is 4.79 Å². The third-order valence-corrected chi connectivity index (χ3v) is 3.60. The Morgan fingerprint density at radius 3 is 2.70 bits per heavy atom. The zero-order chi connectivity index (χ0) is 14.7. The Morgan fingerprint density at radius 2 is 2.10 bits per heavy atom. The number of aromatic nitrogens is 1. The third kappa shape index (κ3) is 3.01. The van der Waals surface area contributed by atoms with Gasteiger partial charge in [-0.25, -0.2) is 9.78 Å². The smallest absolute Gasteiger partial charge is 0.337 e. The van der Waals surface area contributed by atoms with Crippen molar-refractivity contribution in [3.05, 3.63) is 45.9 Å². The molecule has 6 nitrogen and oxygen atoms in total. The first-order valence-corrected chi connectivity index (χ1v) is 6.71. The van der Waals surface area contributed by atoms with E-state index in [1.54, 1.807) is 24.4 Å². The zero-order valence-electron chi connectivity index (χ0n) is 10.7. The average molecular weight is 291 g/mol. The summed E-state index contributed by atoms with van der Waals surface area (Å²) in [6, 6.07) is 5.95. The van der Waals surface area contributed by atoms with E-state index in [1.165, 1.54) is 23.5 Å². The molecule has 1 amide bonds. The number of hydrogen-bond donors (Lipinski definition) is 3. The summed E-state index contributed by atoms with van der Waals surface area (Å²) in [5.41, 5.74) is 6.17. The van der Waals surface area contributed by atoms with Gasteiger partial charge in [0.2, 0.25) is 0 Å². The van der Waals surface area contributed by atoms with Gasteiger partial charge in [-0.2, -0.15) is 0 Å². The number of amides is 1. The fraction of sp³-hybridized carbons (Fsp3) is 0.154. The van der Waals surface area contributed by atoms with E-state index in [4.69, 9.17) is 10.8 Å². The molecule has 0 spiro atoms.